The average Bonchev–Trinajstić information content (AvgIpc) is 3.50. The summed E-state index contributed by atoms with van der Waals surface area (Å²) in [6.45, 7) is 2.61. The highest BCUT2D eigenvalue weighted by Crippen LogP contribution is 2.32. The lowest BCUT2D eigenvalue weighted by Gasteiger charge is -2.09. The van der Waals surface area contributed by atoms with Crippen LogP contribution in [0, 0.1) is 6.92 Å². The molecule has 0 atom stereocenters. The van der Waals surface area contributed by atoms with Crippen LogP contribution < -0.4 is 14.8 Å². The second kappa shape index (κ2) is 7.68. The van der Waals surface area contributed by atoms with Gasteiger partial charge in [0, 0.05) is 19.8 Å². The summed E-state index contributed by atoms with van der Waals surface area (Å²) in [6.07, 6.45) is 1.96. The Morgan fingerprint density at radius 2 is 1.94 bits per heavy atom. The number of amides is 1. The van der Waals surface area contributed by atoms with Crippen LogP contribution in [-0.2, 0) is 13.6 Å². The number of nitrogens with zero attached hydrogens (tertiary/aromatic N) is 3. The van der Waals surface area contributed by atoms with E-state index in [4.69, 9.17) is 14.6 Å². The highest BCUT2D eigenvalue weighted by atomic mass is 16.7. The molecule has 4 aromatic rings. The number of nitrogens with one attached hydrogen (secondary N) is 1. The summed E-state index contributed by atoms with van der Waals surface area (Å²) < 4.78 is 14.5. The van der Waals surface area contributed by atoms with E-state index in [1.807, 2.05) is 85.4 Å². The van der Waals surface area contributed by atoms with Crippen molar-refractivity contribution < 1.29 is 14.3 Å². The van der Waals surface area contributed by atoms with Crippen LogP contribution in [0.25, 0.3) is 17.1 Å². The second-order valence-electron chi connectivity index (χ2n) is 7.54. The first-order valence-corrected chi connectivity index (χ1v) is 10.0. The molecule has 0 fully saturated rings. The average molecular weight is 414 g/mol. The summed E-state index contributed by atoms with van der Waals surface area (Å²) in [5.74, 6) is 1.22. The Morgan fingerprint density at radius 1 is 1.06 bits per heavy atom. The molecule has 0 bridgehead atoms. The molecule has 7 heteroatoms. The quantitative estimate of drug-likeness (QED) is 0.539. The van der Waals surface area contributed by atoms with Crippen LogP contribution in [-0.4, -0.2) is 27.0 Å². The van der Waals surface area contributed by atoms with Crippen molar-refractivity contribution in [3.8, 4) is 28.6 Å². The fraction of sp³-hybridized carbons (Fsp3) is 0.167. The lowest BCUT2D eigenvalue weighted by Crippen LogP contribution is -2.25. The second-order valence-corrected chi connectivity index (χ2v) is 7.54. The van der Waals surface area contributed by atoms with Crippen LogP contribution in [0.15, 0.2) is 66.9 Å². The molecule has 3 heterocycles. The number of carbonyl (C=O) groups is 1. The maximum atomic E-state index is 13.2. The maximum absolute atomic E-state index is 13.2. The van der Waals surface area contributed by atoms with E-state index in [1.54, 1.807) is 4.68 Å². The Labute approximate surface area is 179 Å². The van der Waals surface area contributed by atoms with E-state index in [0.29, 0.717) is 18.0 Å². The summed E-state index contributed by atoms with van der Waals surface area (Å²) in [5, 5.41) is 7.75. The number of rotatable bonds is 5. The van der Waals surface area contributed by atoms with Gasteiger partial charge in [0.1, 0.15) is 11.4 Å². The van der Waals surface area contributed by atoms with Crippen molar-refractivity contribution >= 4 is 5.91 Å². The number of aromatic nitrogens is 3. The van der Waals surface area contributed by atoms with E-state index in [9.17, 15) is 4.79 Å². The summed E-state index contributed by atoms with van der Waals surface area (Å²) in [7, 11) is 1.96. The number of carbonyl (C=O) groups excluding carboxylic acids is 1. The molecule has 7 nitrogen and oxygen atoms in total. The molecule has 0 saturated heterocycles. The molecule has 0 unspecified atom stereocenters. The van der Waals surface area contributed by atoms with Crippen LogP contribution in [0.4, 0.5) is 0 Å². The first-order valence-electron chi connectivity index (χ1n) is 10.0. The Bertz CT molecular complexity index is 1270. The normalized spacial score (nSPS) is 12.2. The Kier molecular flexibility index (Phi) is 4.71. The Morgan fingerprint density at radius 3 is 2.74 bits per heavy atom. The van der Waals surface area contributed by atoms with Crippen molar-refractivity contribution in [3.63, 3.8) is 0 Å². The number of hydrogen-bond donors (Lipinski definition) is 1. The van der Waals surface area contributed by atoms with Crippen molar-refractivity contribution in [2.24, 2.45) is 7.05 Å². The molecule has 0 spiro atoms. The van der Waals surface area contributed by atoms with E-state index >= 15 is 0 Å². The third kappa shape index (κ3) is 3.66. The van der Waals surface area contributed by atoms with Gasteiger partial charge in [-0.1, -0.05) is 18.2 Å². The van der Waals surface area contributed by atoms with Crippen molar-refractivity contribution in [3.05, 3.63) is 83.7 Å². The topological polar surface area (TPSA) is 70.3 Å². The molecule has 31 heavy (non-hydrogen) atoms. The fourth-order valence-electron chi connectivity index (χ4n) is 3.68. The van der Waals surface area contributed by atoms with Gasteiger partial charge in [-0.15, -0.1) is 0 Å². The van der Waals surface area contributed by atoms with Gasteiger partial charge >= 0.3 is 0 Å². The van der Waals surface area contributed by atoms with Gasteiger partial charge in [0.05, 0.1) is 11.4 Å². The zero-order valence-corrected chi connectivity index (χ0v) is 17.3. The Balaban J connectivity index is 1.46. The molecule has 1 aliphatic heterocycles. The van der Waals surface area contributed by atoms with Crippen molar-refractivity contribution in [1.82, 2.24) is 19.7 Å². The molecule has 0 radical (unpaired) electrons. The lowest BCUT2D eigenvalue weighted by molar-refractivity contribution is 0.0943. The molecule has 5 rings (SSSR count). The number of ether oxygens (including phenoxy) is 2. The monoisotopic (exact) mass is 414 g/mol. The molecular weight excluding hydrogens is 392 g/mol. The van der Waals surface area contributed by atoms with E-state index in [-0.39, 0.29) is 12.7 Å². The van der Waals surface area contributed by atoms with Gasteiger partial charge in [-0.3, -0.25) is 4.79 Å². The molecule has 2 aromatic heterocycles. The third-order valence-corrected chi connectivity index (χ3v) is 5.28. The van der Waals surface area contributed by atoms with Crippen LogP contribution in [0.1, 0.15) is 21.6 Å². The summed E-state index contributed by atoms with van der Waals surface area (Å²) >= 11 is 0. The summed E-state index contributed by atoms with van der Waals surface area (Å²) in [5.41, 5.74) is 5.02. The summed E-state index contributed by atoms with van der Waals surface area (Å²) in [6, 6.07) is 19.4. The van der Waals surface area contributed by atoms with Gasteiger partial charge < -0.3 is 19.4 Å². The number of aryl methyl sites for hydroxylation is 2. The molecule has 1 N–H and O–H groups in total. The van der Waals surface area contributed by atoms with Gasteiger partial charge in [0.25, 0.3) is 5.91 Å². The molecule has 2 aromatic carbocycles. The molecular formula is C24H22N4O3. The highest BCUT2D eigenvalue weighted by Gasteiger charge is 2.19. The molecule has 156 valence electrons. The maximum Gasteiger partial charge on any atom is 0.270 e. The number of fused-ring (bicyclic) bond motifs is 1. The van der Waals surface area contributed by atoms with Gasteiger partial charge in [0.15, 0.2) is 11.5 Å². The van der Waals surface area contributed by atoms with Gasteiger partial charge in [0.2, 0.25) is 6.79 Å². The van der Waals surface area contributed by atoms with Crippen LogP contribution in [0.3, 0.4) is 0 Å². The van der Waals surface area contributed by atoms with Gasteiger partial charge in [-0.25, -0.2) is 4.68 Å². The largest absolute Gasteiger partial charge is 0.454 e. The molecule has 0 saturated carbocycles. The first-order chi connectivity index (χ1) is 15.1. The smallest absolute Gasteiger partial charge is 0.270 e. The molecule has 1 aliphatic rings. The molecule has 1 amide bonds. The Hall–Kier alpha value is -4.00. The van der Waals surface area contributed by atoms with E-state index in [1.165, 1.54) is 0 Å². The fourth-order valence-corrected chi connectivity index (χ4v) is 3.68. The van der Waals surface area contributed by atoms with Crippen LogP contribution in [0.2, 0.25) is 0 Å². The van der Waals surface area contributed by atoms with Crippen molar-refractivity contribution in [2.75, 3.05) is 6.79 Å². The lowest BCUT2D eigenvalue weighted by atomic mass is 10.2. The minimum absolute atomic E-state index is 0.202. The van der Waals surface area contributed by atoms with Gasteiger partial charge in [-0.2, -0.15) is 5.10 Å². The van der Waals surface area contributed by atoms with Crippen molar-refractivity contribution in [2.45, 2.75) is 13.5 Å². The minimum Gasteiger partial charge on any atom is -0.454 e. The van der Waals surface area contributed by atoms with Gasteiger partial charge in [-0.05, 0) is 60.5 Å². The summed E-state index contributed by atoms with van der Waals surface area (Å²) in [4.78, 5) is 13.2. The third-order valence-electron chi connectivity index (χ3n) is 5.28. The zero-order chi connectivity index (χ0) is 21.4. The van der Waals surface area contributed by atoms with Crippen LogP contribution >= 0.6 is 0 Å². The van der Waals surface area contributed by atoms with Crippen molar-refractivity contribution in [1.29, 1.82) is 0 Å². The van der Waals surface area contributed by atoms with E-state index in [2.05, 4.69) is 5.32 Å². The zero-order valence-electron chi connectivity index (χ0n) is 17.3. The predicted octanol–water partition coefficient (Wildman–Crippen LogP) is 3.84. The van der Waals surface area contributed by atoms with Crippen LogP contribution in [0.5, 0.6) is 11.5 Å². The SMILES string of the molecule is Cc1cccc(-n2nc(-c3cccn3C)cc2C(=O)NCc2ccc3c(c2)OCO3)c1. The number of hydrogen-bond acceptors (Lipinski definition) is 4. The van der Waals surface area contributed by atoms with E-state index < -0.39 is 0 Å². The minimum atomic E-state index is -0.202. The highest BCUT2D eigenvalue weighted by molar-refractivity contribution is 5.94. The first kappa shape index (κ1) is 19.0. The predicted molar refractivity (Wildman–Crippen MR) is 116 cm³/mol. The molecule has 0 aliphatic carbocycles. The standard InChI is InChI=1S/C24H22N4O3/c1-16-5-3-6-18(11-16)28-21(13-19(26-28)20-7-4-10-27(20)2)24(29)25-14-17-8-9-22-23(12-17)31-15-30-22/h3-13H,14-15H2,1-2H3,(H,25,29). The van der Waals surface area contributed by atoms with E-state index in [0.717, 1.165) is 34.0 Å². The number of benzene rings is 2.